The Morgan fingerprint density at radius 2 is 1.62 bits per heavy atom. The van der Waals surface area contributed by atoms with Crippen molar-refractivity contribution in [2.75, 3.05) is 6.54 Å². The molecule has 1 fully saturated rings. The third kappa shape index (κ3) is 8.73. The van der Waals surface area contributed by atoms with Gasteiger partial charge < -0.3 is 25.4 Å². The maximum absolute atomic E-state index is 14.4. The lowest BCUT2D eigenvalue weighted by Crippen LogP contribution is -2.54. The van der Waals surface area contributed by atoms with Crippen LogP contribution in [0.15, 0.2) is 48.5 Å². The minimum absolute atomic E-state index is 0.111. The fourth-order valence-electron chi connectivity index (χ4n) is 4.73. The van der Waals surface area contributed by atoms with Crippen LogP contribution < -0.4 is 10.6 Å². The number of alkyl carbamates (subject to hydrolysis) is 1. The first kappa shape index (κ1) is 31.0. The molecule has 0 aliphatic heterocycles. The van der Waals surface area contributed by atoms with Gasteiger partial charge in [-0.2, -0.15) is 0 Å². The molecule has 3 rings (SSSR count). The van der Waals surface area contributed by atoms with Crippen molar-refractivity contribution in [3.05, 3.63) is 65.2 Å². The summed E-state index contributed by atoms with van der Waals surface area (Å²) in [5.74, 6) is -0.241. The molecule has 8 nitrogen and oxygen atoms in total. The fourth-order valence-corrected chi connectivity index (χ4v) is 4.73. The number of carbonyl (C=O) groups excluding carboxylic acids is 3. The van der Waals surface area contributed by atoms with Crippen molar-refractivity contribution in [1.29, 1.82) is 0 Å². The highest BCUT2D eigenvalue weighted by Gasteiger charge is 2.48. The van der Waals surface area contributed by atoms with E-state index in [1.807, 2.05) is 24.3 Å². The summed E-state index contributed by atoms with van der Waals surface area (Å²) < 4.78 is 5.50. The first-order chi connectivity index (χ1) is 18.9. The molecular weight excluding hydrogens is 506 g/mol. The van der Waals surface area contributed by atoms with Crippen LogP contribution in [0.1, 0.15) is 83.5 Å². The van der Waals surface area contributed by atoms with E-state index in [1.165, 1.54) is 0 Å². The predicted molar refractivity (Wildman–Crippen MR) is 156 cm³/mol. The molecule has 0 heterocycles. The highest BCUT2D eigenvalue weighted by atomic mass is 16.6. The molecule has 4 unspecified atom stereocenters. The first-order valence-corrected chi connectivity index (χ1v) is 14.4. The number of nitrogens with zero attached hydrogens (tertiary/aromatic N) is 1. The third-order valence-corrected chi connectivity index (χ3v) is 7.10. The molecule has 3 amide bonds. The van der Waals surface area contributed by atoms with E-state index in [0.29, 0.717) is 6.54 Å². The molecule has 0 saturated heterocycles. The first-order valence-electron chi connectivity index (χ1n) is 14.4. The molecule has 3 N–H and O–H groups in total. The second-order valence-corrected chi connectivity index (χ2v) is 11.7. The van der Waals surface area contributed by atoms with Gasteiger partial charge in [0.2, 0.25) is 11.8 Å². The van der Waals surface area contributed by atoms with Crippen molar-refractivity contribution in [2.24, 2.45) is 5.92 Å². The Kier molecular flexibility index (Phi) is 10.6. The monoisotopic (exact) mass is 551 g/mol. The minimum atomic E-state index is -0.979. The average Bonchev–Trinajstić information content (AvgIpc) is 3.62. The Labute approximate surface area is 238 Å². The van der Waals surface area contributed by atoms with Crippen LogP contribution in [0.4, 0.5) is 4.79 Å². The number of phenolic OH excluding ortho intramolecular Hbond substituents is 1. The molecule has 8 heteroatoms. The van der Waals surface area contributed by atoms with E-state index < -0.39 is 23.8 Å². The van der Waals surface area contributed by atoms with Gasteiger partial charge in [0.05, 0.1) is 0 Å². The number of carbonyl (C=O) groups is 3. The molecule has 0 radical (unpaired) electrons. The van der Waals surface area contributed by atoms with Crippen LogP contribution in [0.5, 0.6) is 5.75 Å². The summed E-state index contributed by atoms with van der Waals surface area (Å²) in [4.78, 5) is 42.7. The van der Waals surface area contributed by atoms with E-state index in [0.717, 1.165) is 42.4 Å². The highest BCUT2D eigenvalue weighted by molar-refractivity contribution is 5.92. The molecule has 1 saturated carbocycles. The molecule has 4 atom stereocenters. The van der Waals surface area contributed by atoms with Crippen LogP contribution in [0.3, 0.4) is 0 Å². The Bertz CT molecular complexity index is 1140. The van der Waals surface area contributed by atoms with E-state index in [2.05, 4.69) is 31.4 Å². The number of nitrogens with one attached hydrogen (secondary N) is 2. The minimum Gasteiger partial charge on any atom is -0.508 e. The van der Waals surface area contributed by atoms with Crippen LogP contribution in [0, 0.1) is 5.92 Å². The molecular formula is C32H45N3O5. The van der Waals surface area contributed by atoms with Gasteiger partial charge in [0.25, 0.3) is 0 Å². The van der Waals surface area contributed by atoms with Gasteiger partial charge in [0.15, 0.2) is 0 Å². The summed E-state index contributed by atoms with van der Waals surface area (Å²) in [7, 11) is 0. The summed E-state index contributed by atoms with van der Waals surface area (Å²) in [5, 5.41) is 15.6. The largest absolute Gasteiger partial charge is 0.508 e. The Morgan fingerprint density at radius 1 is 1.02 bits per heavy atom. The predicted octanol–water partition coefficient (Wildman–Crippen LogP) is 5.29. The van der Waals surface area contributed by atoms with Gasteiger partial charge in [-0.25, -0.2) is 4.79 Å². The number of hydrogen-bond donors (Lipinski definition) is 3. The van der Waals surface area contributed by atoms with E-state index in [4.69, 9.17) is 4.74 Å². The third-order valence-electron chi connectivity index (χ3n) is 7.10. The molecule has 0 bridgehead atoms. The summed E-state index contributed by atoms with van der Waals surface area (Å²) in [6, 6.07) is 12.4. The maximum atomic E-state index is 14.4. The van der Waals surface area contributed by atoms with Gasteiger partial charge >= 0.3 is 6.09 Å². The number of aromatic hydroxyl groups is 1. The lowest BCUT2D eigenvalue weighted by atomic mass is 9.98. The highest BCUT2D eigenvalue weighted by Crippen LogP contribution is 2.41. The molecule has 2 aromatic carbocycles. The lowest BCUT2D eigenvalue weighted by Gasteiger charge is -2.35. The Balaban J connectivity index is 2.02. The summed E-state index contributed by atoms with van der Waals surface area (Å²) >= 11 is 0. The number of aryl methyl sites for hydroxylation is 1. The number of hydrogen-bond acceptors (Lipinski definition) is 5. The molecule has 0 spiro atoms. The van der Waals surface area contributed by atoms with Gasteiger partial charge in [0.1, 0.15) is 23.4 Å². The van der Waals surface area contributed by atoms with Crippen molar-refractivity contribution < 1.29 is 24.2 Å². The fraction of sp³-hybridized carbons (Fsp3) is 0.531. The van der Waals surface area contributed by atoms with Gasteiger partial charge in [-0.15, -0.1) is 0 Å². The number of rotatable bonds is 12. The molecule has 0 aromatic heterocycles. The van der Waals surface area contributed by atoms with Crippen molar-refractivity contribution in [1.82, 2.24) is 15.5 Å². The summed E-state index contributed by atoms with van der Waals surface area (Å²) in [6.07, 6.45) is 2.89. The topological polar surface area (TPSA) is 108 Å². The summed E-state index contributed by atoms with van der Waals surface area (Å²) in [6.45, 7) is 12.0. The number of benzene rings is 2. The van der Waals surface area contributed by atoms with E-state index in [1.54, 1.807) is 49.9 Å². The number of phenols is 1. The maximum Gasteiger partial charge on any atom is 0.408 e. The normalized spacial score (nSPS) is 17.9. The zero-order valence-corrected chi connectivity index (χ0v) is 24.7. The SMILES string of the molecule is CCCCNC(=O)C(c1ccc(CC)cc1)N(C(=O)C(Cc1ccc(O)cc1)NC(=O)OC(C)(C)C)C1CC1C. The van der Waals surface area contributed by atoms with Crippen molar-refractivity contribution >= 4 is 17.9 Å². The second-order valence-electron chi connectivity index (χ2n) is 11.7. The number of unbranched alkanes of at least 4 members (excludes halogenated alkanes) is 1. The van der Waals surface area contributed by atoms with E-state index in [-0.39, 0.29) is 35.9 Å². The average molecular weight is 552 g/mol. The van der Waals surface area contributed by atoms with Crippen molar-refractivity contribution in [3.63, 3.8) is 0 Å². The van der Waals surface area contributed by atoms with Gasteiger partial charge in [-0.05, 0) is 74.8 Å². The molecule has 218 valence electrons. The van der Waals surface area contributed by atoms with Crippen LogP contribution in [0.2, 0.25) is 0 Å². The lowest BCUT2D eigenvalue weighted by molar-refractivity contribution is -0.143. The molecule has 1 aliphatic carbocycles. The van der Waals surface area contributed by atoms with Crippen molar-refractivity contribution in [2.45, 2.75) is 97.4 Å². The van der Waals surface area contributed by atoms with E-state index in [9.17, 15) is 19.5 Å². The molecule has 1 aliphatic rings. The zero-order valence-electron chi connectivity index (χ0n) is 24.7. The van der Waals surface area contributed by atoms with Gasteiger partial charge in [-0.1, -0.05) is 63.6 Å². The van der Waals surface area contributed by atoms with Crippen LogP contribution in [-0.2, 0) is 27.2 Å². The van der Waals surface area contributed by atoms with E-state index >= 15 is 0 Å². The number of ether oxygens (including phenoxy) is 1. The van der Waals surface area contributed by atoms with Crippen LogP contribution >= 0.6 is 0 Å². The molecule has 40 heavy (non-hydrogen) atoms. The smallest absolute Gasteiger partial charge is 0.408 e. The van der Waals surface area contributed by atoms with Crippen LogP contribution in [-0.4, -0.2) is 52.1 Å². The van der Waals surface area contributed by atoms with Gasteiger partial charge in [-0.3, -0.25) is 9.59 Å². The number of amides is 3. The molecule has 2 aromatic rings. The Morgan fingerprint density at radius 3 is 2.15 bits per heavy atom. The second kappa shape index (κ2) is 13.7. The zero-order chi connectivity index (χ0) is 29.4. The summed E-state index contributed by atoms with van der Waals surface area (Å²) in [5.41, 5.74) is 1.89. The Hall–Kier alpha value is -3.55. The van der Waals surface area contributed by atoms with Crippen molar-refractivity contribution in [3.8, 4) is 5.75 Å². The standard InChI is InChI=1S/C32H45N3O5/c1-7-9-18-33-29(37)28(24-14-10-22(8-2)11-15-24)35(27-19-21(27)3)30(38)26(34-31(39)40-32(4,5)6)20-23-12-16-25(36)17-13-23/h10-17,21,26-28,36H,7-9,18-20H2,1-6H3,(H,33,37)(H,34,39). The van der Waals surface area contributed by atoms with Crippen LogP contribution in [0.25, 0.3) is 0 Å². The van der Waals surface area contributed by atoms with Gasteiger partial charge in [0, 0.05) is 19.0 Å². The quantitative estimate of drug-likeness (QED) is 0.311.